The van der Waals surface area contributed by atoms with Crippen LogP contribution in [-0.4, -0.2) is 16.6 Å². The summed E-state index contributed by atoms with van der Waals surface area (Å²) in [5, 5.41) is 0. The summed E-state index contributed by atoms with van der Waals surface area (Å²) in [7, 11) is 0. The van der Waals surface area contributed by atoms with Crippen molar-refractivity contribution in [3.63, 3.8) is 0 Å². The lowest BCUT2D eigenvalue weighted by atomic mass is 10.1. The zero-order valence-corrected chi connectivity index (χ0v) is 10.1. The molecule has 0 saturated heterocycles. The number of aromatic nitrogens is 2. The average molecular weight is 248 g/mol. The van der Waals surface area contributed by atoms with Crippen LogP contribution in [0.2, 0.25) is 0 Å². The Kier molecular flexibility index (Phi) is 3.39. The summed E-state index contributed by atoms with van der Waals surface area (Å²) in [4.78, 5) is 16.7. The fourth-order valence-electron chi connectivity index (χ4n) is 1.52. The minimum absolute atomic E-state index is 0.211. The van der Waals surface area contributed by atoms with Gasteiger partial charge in [-0.1, -0.05) is 0 Å². The topological polar surface area (TPSA) is 57.9 Å². The van der Waals surface area contributed by atoms with Gasteiger partial charge in [-0.05, 0) is 49.0 Å². The maximum absolute atomic E-state index is 11.3. The molecule has 0 fully saturated rings. The molecule has 0 aliphatic heterocycles. The van der Waals surface area contributed by atoms with Gasteiger partial charge in [0.1, 0.15) is 5.75 Å². The molecule has 0 aliphatic rings. The van der Waals surface area contributed by atoms with E-state index < -0.39 is 0 Å². The van der Waals surface area contributed by atoms with Crippen LogP contribution in [0.5, 0.6) is 5.75 Å². The van der Waals surface area contributed by atoms with Crippen LogP contribution in [0.15, 0.2) is 35.1 Å². The third kappa shape index (κ3) is 2.82. The van der Waals surface area contributed by atoms with Crippen molar-refractivity contribution in [2.24, 2.45) is 0 Å². The lowest BCUT2D eigenvalue weighted by molar-refractivity contribution is 0.340. The molecule has 2 aromatic rings. The van der Waals surface area contributed by atoms with Crippen molar-refractivity contribution >= 4 is 12.2 Å². The van der Waals surface area contributed by atoms with Crippen molar-refractivity contribution in [1.82, 2.24) is 9.97 Å². The summed E-state index contributed by atoms with van der Waals surface area (Å²) in [6.07, 6.45) is 0. The summed E-state index contributed by atoms with van der Waals surface area (Å²) in [6, 6.07) is 8.95. The smallest absolute Gasteiger partial charge is 0.252 e. The molecule has 1 aromatic carbocycles. The van der Waals surface area contributed by atoms with E-state index in [1.54, 1.807) is 0 Å². The number of benzene rings is 1. The van der Waals surface area contributed by atoms with Gasteiger partial charge in [-0.25, -0.2) is 0 Å². The quantitative estimate of drug-likeness (QED) is 0.820. The number of H-pyrrole nitrogens is 2. The molecule has 2 rings (SSSR count). The molecule has 0 radical (unpaired) electrons. The molecule has 5 heteroatoms. The molecule has 1 heterocycles. The Hall–Kier alpha value is -1.88. The highest BCUT2D eigenvalue weighted by Gasteiger charge is 2.00. The van der Waals surface area contributed by atoms with Gasteiger partial charge in [-0.15, -0.1) is 0 Å². The lowest BCUT2D eigenvalue weighted by Gasteiger charge is -2.04. The van der Waals surface area contributed by atoms with Gasteiger partial charge in [0.05, 0.1) is 12.3 Å². The minimum Gasteiger partial charge on any atom is -0.494 e. The second kappa shape index (κ2) is 4.97. The van der Waals surface area contributed by atoms with Crippen LogP contribution >= 0.6 is 12.2 Å². The molecule has 0 unspecified atom stereocenters. The molecule has 0 saturated carbocycles. The Balaban J connectivity index is 2.39. The Bertz CT molecular complexity index is 585. The monoisotopic (exact) mass is 248 g/mol. The van der Waals surface area contributed by atoms with E-state index in [1.807, 2.05) is 31.2 Å². The first-order valence-corrected chi connectivity index (χ1v) is 5.67. The highest BCUT2D eigenvalue weighted by molar-refractivity contribution is 7.71. The summed E-state index contributed by atoms with van der Waals surface area (Å²) < 4.78 is 5.67. The molecular formula is C12H12N2O2S. The third-order valence-corrected chi connectivity index (χ3v) is 2.44. The molecule has 0 aliphatic carbocycles. The van der Waals surface area contributed by atoms with Crippen LogP contribution in [0.4, 0.5) is 0 Å². The predicted molar refractivity (Wildman–Crippen MR) is 68.9 cm³/mol. The molecule has 4 nitrogen and oxygen atoms in total. The largest absolute Gasteiger partial charge is 0.494 e. The molecule has 17 heavy (non-hydrogen) atoms. The Labute approximate surface area is 103 Å². The van der Waals surface area contributed by atoms with Gasteiger partial charge in [0.25, 0.3) is 5.56 Å². The summed E-state index contributed by atoms with van der Waals surface area (Å²) in [5.74, 6) is 0.805. The van der Waals surface area contributed by atoms with Crippen molar-refractivity contribution in [2.75, 3.05) is 6.61 Å². The van der Waals surface area contributed by atoms with E-state index in [0.717, 1.165) is 11.3 Å². The second-order valence-corrected chi connectivity index (χ2v) is 3.87. The normalized spacial score (nSPS) is 10.2. The molecule has 1 aromatic heterocycles. The number of ether oxygens (including phenoxy) is 1. The minimum atomic E-state index is -0.211. The van der Waals surface area contributed by atoms with Crippen LogP contribution in [0.25, 0.3) is 11.3 Å². The Morgan fingerprint density at radius 2 is 1.94 bits per heavy atom. The van der Waals surface area contributed by atoms with E-state index in [2.05, 4.69) is 9.97 Å². The van der Waals surface area contributed by atoms with Gasteiger partial charge in [0.15, 0.2) is 4.77 Å². The Morgan fingerprint density at radius 3 is 2.53 bits per heavy atom. The first-order valence-electron chi connectivity index (χ1n) is 5.26. The van der Waals surface area contributed by atoms with Crippen LogP contribution in [0, 0.1) is 4.77 Å². The van der Waals surface area contributed by atoms with Crippen LogP contribution in [-0.2, 0) is 0 Å². The van der Waals surface area contributed by atoms with Crippen molar-refractivity contribution in [1.29, 1.82) is 0 Å². The highest BCUT2D eigenvalue weighted by atomic mass is 32.1. The summed E-state index contributed by atoms with van der Waals surface area (Å²) in [6.45, 7) is 2.56. The van der Waals surface area contributed by atoms with Crippen LogP contribution < -0.4 is 10.3 Å². The lowest BCUT2D eigenvalue weighted by Crippen LogP contribution is -2.06. The highest BCUT2D eigenvalue weighted by Crippen LogP contribution is 2.19. The number of rotatable bonds is 3. The van der Waals surface area contributed by atoms with E-state index in [1.165, 1.54) is 6.07 Å². The first kappa shape index (κ1) is 11.6. The number of hydrogen-bond donors (Lipinski definition) is 2. The molecule has 0 spiro atoms. The predicted octanol–water partition coefficient (Wildman–Crippen LogP) is 2.50. The van der Waals surface area contributed by atoms with E-state index >= 15 is 0 Å². The standard InChI is InChI=1S/C12H12N2O2S/c1-2-16-9-5-3-8(4-6-9)10-7-11(15)14-12(17)13-10/h3-7H,2H2,1H3,(H2,13,14,15,17). The van der Waals surface area contributed by atoms with E-state index in [4.69, 9.17) is 17.0 Å². The van der Waals surface area contributed by atoms with Crippen molar-refractivity contribution in [3.8, 4) is 17.0 Å². The number of aromatic amines is 2. The van der Waals surface area contributed by atoms with Crippen molar-refractivity contribution in [2.45, 2.75) is 6.92 Å². The maximum atomic E-state index is 11.3. The van der Waals surface area contributed by atoms with E-state index in [-0.39, 0.29) is 5.56 Å². The summed E-state index contributed by atoms with van der Waals surface area (Å²) >= 11 is 4.92. The summed E-state index contributed by atoms with van der Waals surface area (Å²) in [5.41, 5.74) is 1.38. The molecule has 2 N–H and O–H groups in total. The molecule has 88 valence electrons. The molecule has 0 atom stereocenters. The van der Waals surface area contributed by atoms with Crippen LogP contribution in [0.3, 0.4) is 0 Å². The zero-order valence-electron chi connectivity index (χ0n) is 9.32. The van der Waals surface area contributed by atoms with Gasteiger partial charge >= 0.3 is 0 Å². The number of nitrogens with one attached hydrogen (secondary N) is 2. The molecular weight excluding hydrogens is 236 g/mol. The second-order valence-electron chi connectivity index (χ2n) is 3.46. The Morgan fingerprint density at radius 1 is 1.24 bits per heavy atom. The molecule has 0 amide bonds. The van der Waals surface area contributed by atoms with Crippen molar-refractivity contribution in [3.05, 3.63) is 45.5 Å². The average Bonchev–Trinajstić information content (AvgIpc) is 2.29. The maximum Gasteiger partial charge on any atom is 0.252 e. The van der Waals surface area contributed by atoms with Crippen molar-refractivity contribution < 1.29 is 4.74 Å². The molecule has 0 bridgehead atoms. The van der Waals surface area contributed by atoms with Gasteiger partial charge in [0.2, 0.25) is 0 Å². The van der Waals surface area contributed by atoms with E-state index in [9.17, 15) is 4.79 Å². The van der Waals surface area contributed by atoms with E-state index in [0.29, 0.717) is 17.1 Å². The zero-order chi connectivity index (χ0) is 12.3. The SMILES string of the molecule is CCOc1ccc(-c2cc(=O)[nH]c(=S)[nH]2)cc1. The fourth-order valence-corrected chi connectivity index (χ4v) is 1.73. The first-order chi connectivity index (χ1) is 8.19. The van der Waals surface area contributed by atoms with Gasteiger partial charge in [-0.3, -0.25) is 9.78 Å². The van der Waals surface area contributed by atoms with Gasteiger partial charge < -0.3 is 9.72 Å². The van der Waals surface area contributed by atoms with Gasteiger partial charge in [-0.2, -0.15) is 0 Å². The fraction of sp³-hybridized carbons (Fsp3) is 0.167. The third-order valence-electron chi connectivity index (χ3n) is 2.24. The van der Waals surface area contributed by atoms with Crippen LogP contribution in [0.1, 0.15) is 6.92 Å². The number of hydrogen-bond acceptors (Lipinski definition) is 3. The van der Waals surface area contributed by atoms with Gasteiger partial charge in [0, 0.05) is 6.07 Å².